The lowest BCUT2D eigenvalue weighted by Gasteiger charge is -2.18. The maximum atomic E-state index is 11.2. The maximum absolute atomic E-state index is 11.2. The molecule has 66 valence electrons. The average molecular weight is 161 g/mol. The Kier molecular flexibility index (Phi) is 4.81. The van der Waals surface area contributed by atoms with Gasteiger partial charge in [0.15, 0.2) is 0 Å². The summed E-state index contributed by atoms with van der Waals surface area (Å²) >= 11 is 0. The van der Waals surface area contributed by atoms with E-state index in [-0.39, 0.29) is 12.5 Å². The van der Waals surface area contributed by atoms with Gasteiger partial charge in [-0.3, -0.25) is 4.79 Å². The minimum atomic E-state index is -0.424. The number of hydrogen-bond donors (Lipinski definition) is 1. The first kappa shape index (κ1) is 10.4. The van der Waals surface area contributed by atoms with E-state index in [1.165, 1.54) is 12.0 Å². The Labute approximate surface area is 66.8 Å². The molecular formula is C7H15NO3. The van der Waals surface area contributed by atoms with Gasteiger partial charge in [0.2, 0.25) is 0 Å². The summed E-state index contributed by atoms with van der Waals surface area (Å²) in [6, 6.07) is 0. The third-order valence-electron chi connectivity index (χ3n) is 1.51. The smallest absolute Gasteiger partial charge is 0.251 e. The fourth-order valence-corrected chi connectivity index (χ4v) is 0.671. The minimum absolute atomic E-state index is 0.0152. The van der Waals surface area contributed by atoms with Crippen molar-refractivity contribution in [2.24, 2.45) is 0 Å². The van der Waals surface area contributed by atoms with Crippen LogP contribution in [0.3, 0.4) is 0 Å². The van der Waals surface area contributed by atoms with Gasteiger partial charge in [-0.05, 0) is 6.92 Å². The van der Waals surface area contributed by atoms with Crippen LogP contribution < -0.4 is 0 Å². The number of rotatable bonds is 4. The van der Waals surface area contributed by atoms with E-state index >= 15 is 0 Å². The zero-order valence-electron chi connectivity index (χ0n) is 7.20. The molecule has 0 aliphatic carbocycles. The number of amides is 1. The van der Waals surface area contributed by atoms with Crippen LogP contribution in [0.4, 0.5) is 0 Å². The predicted molar refractivity (Wildman–Crippen MR) is 41.2 cm³/mol. The van der Waals surface area contributed by atoms with Gasteiger partial charge in [-0.25, -0.2) is 0 Å². The second kappa shape index (κ2) is 5.09. The van der Waals surface area contributed by atoms with Gasteiger partial charge in [-0.1, -0.05) is 0 Å². The standard InChI is InChI=1S/C7H15NO3/c1-6(11-3)7(10)8(2)4-5-9/h6,9H,4-5H2,1-3H3. The van der Waals surface area contributed by atoms with Gasteiger partial charge in [0.1, 0.15) is 6.10 Å². The molecule has 0 saturated carbocycles. The highest BCUT2D eigenvalue weighted by molar-refractivity contribution is 5.80. The van der Waals surface area contributed by atoms with Crippen molar-refractivity contribution in [3.63, 3.8) is 0 Å². The van der Waals surface area contributed by atoms with Crippen LogP contribution in [0.5, 0.6) is 0 Å². The molecule has 0 radical (unpaired) electrons. The summed E-state index contributed by atoms with van der Waals surface area (Å²) in [6.45, 7) is 2.02. The van der Waals surface area contributed by atoms with Gasteiger partial charge in [0.05, 0.1) is 6.61 Å². The summed E-state index contributed by atoms with van der Waals surface area (Å²) in [5.41, 5.74) is 0. The Balaban J connectivity index is 3.81. The minimum Gasteiger partial charge on any atom is -0.395 e. The SMILES string of the molecule is COC(C)C(=O)N(C)CCO. The van der Waals surface area contributed by atoms with Crippen LogP contribution in [0.15, 0.2) is 0 Å². The topological polar surface area (TPSA) is 49.8 Å². The second-order valence-corrected chi connectivity index (χ2v) is 2.36. The summed E-state index contributed by atoms with van der Waals surface area (Å²) in [5.74, 6) is -0.110. The lowest BCUT2D eigenvalue weighted by molar-refractivity contribution is -0.139. The number of aliphatic hydroxyl groups is 1. The van der Waals surface area contributed by atoms with E-state index in [0.717, 1.165) is 0 Å². The quantitative estimate of drug-likeness (QED) is 0.603. The van der Waals surface area contributed by atoms with Crippen molar-refractivity contribution >= 4 is 5.91 Å². The summed E-state index contributed by atoms with van der Waals surface area (Å²) in [6.07, 6.45) is -0.424. The molecule has 0 bridgehead atoms. The van der Waals surface area contributed by atoms with Crippen LogP contribution in [0.1, 0.15) is 6.92 Å². The Hall–Kier alpha value is -0.610. The number of ether oxygens (including phenoxy) is 1. The number of methoxy groups -OCH3 is 1. The fraction of sp³-hybridized carbons (Fsp3) is 0.857. The first-order chi connectivity index (χ1) is 5.13. The number of nitrogens with zero attached hydrogens (tertiary/aromatic N) is 1. The van der Waals surface area contributed by atoms with Crippen molar-refractivity contribution in [3.8, 4) is 0 Å². The summed E-state index contributed by atoms with van der Waals surface area (Å²) in [5, 5.41) is 8.51. The van der Waals surface area contributed by atoms with Crippen LogP contribution in [-0.2, 0) is 9.53 Å². The Morgan fingerprint density at radius 2 is 2.27 bits per heavy atom. The molecule has 0 aromatic carbocycles. The molecule has 11 heavy (non-hydrogen) atoms. The molecule has 0 heterocycles. The molecule has 4 nitrogen and oxygen atoms in total. The highest BCUT2D eigenvalue weighted by atomic mass is 16.5. The number of carbonyl (C=O) groups is 1. The number of aliphatic hydroxyl groups excluding tert-OH is 1. The van der Waals surface area contributed by atoms with Crippen molar-refractivity contribution in [3.05, 3.63) is 0 Å². The zero-order valence-corrected chi connectivity index (χ0v) is 7.20. The summed E-state index contributed by atoms with van der Waals surface area (Å²) in [7, 11) is 3.11. The van der Waals surface area contributed by atoms with E-state index in [0.29, 0.717) is 6.54 Å². The van der Waals surface area contributed by atoms with Gasteiger partial charge >= 0.3 is 0 Å². The molecule has 1 N–H and O–H groups in total. The zero-order chi connectivity index (χ0) is 8.85. The van der Waals surface area contributed by atoms with Crippen molar-refractivity contribution in [1.82, 2.24) is 4.90 Å². The largest absolute Gasteiger partial charge is 0.395 e. The summed E-state index contributed by atoms with van der Waals surface area (Å²) < 4.78 is 4.81. The Morgan fingerprint density at radius 3 is 2.64 bits per heavy atom. The van der Waals surface area contributed by atoms with Crippen molar-refractivity contribution in [2.75, 3.05) is 27.3 Å². The predicted octanol–water partition coefficient (Wildman–Crippen LogP) is -0.528. The first-order valence-corrected chi connectivity index (χ1v) is 3.52. The lowest BCUT2D eigenvalue weighted by atomic mass is 10.3. The number of hydrogen-bond acceptors (Lipinski definition) is 3. The molecule has 0 aromatic heterocycles. The van der Waals surface area contributed by atoms with Gasteiger partial charge < -0.3 is 14.7 Å². The van der Waals surface area contributed by atoms with E-state index in [1.54, 1.807) is 14.0 Å². The van der Waals surface area contributed by atoms with Gasteiger partial charge in [0.25, 0.3) is 5.91 Å². The van der Waals surface area contributed by atoms with Gasteiger partial charge in [0, 0.05) is 20.7 Å². The molecule has 0 aliphatic heterocycles. The van der Waals surface area contributed by atoms with Crippen molar-refractivity contribution < 1.29 is 14.6 Å². The fourth-order valence-electron chi connectivity index (χ4n) is 0.671. The maximum Gasteiger partial charge on any atom is 0.251 e. The summed E-state index contributed by atoms with van der Waals surface area (Å²) in [4.78, 5) is 12.6. The third-order valence-corrected chi connectivity index (χ3v) is 1.51. The van der Waals surface area contributed by atoms with E-state index in [4.69, 9.17) is 9.84 Å². The Bertz CT molecular complexity index is 127. The van der Waals surface area contributed by atoms with E-state index in [9.17, 15) is 4.79 Å². The molecule has 0 saturated heterocycles. The molecule has 0 fully saturated rings. The third kappa shape index (κ3) is 3.34. The van der Waals surface area contributed by atoms with Crippen LogP contribution in [-0.4, -0.2) is 49.3 Å². The van der Waals surface area contributed by atoms with E-state index in [2.05, 4.69) is 0 Å². The number of carbonyl (C=O) groups excluding carboxylic acids is 1. The molecular weight excluding hydrogens is 146 g/mol. The normalized spacial score (nSPS) is 12.7. The van der Waals surface area contributed by atoms with Crippen molar-refractivity contribution in [2.45, 2.75) is 13.0 Å². The average Bonchev–Trinajstić information content (AvgIpc) is 2.02. The molecule has 0 spiro atoms. The molecule has 0 aliphatic rings. The van der Waals surface area contributed by atoms with E-state index < -0.39 is 6.10 Å². The van der Waals surface area contributed by atoms with Crippen molar-refractivity contribution in [1.29, 1.82) is 0 Å². The molecule has 0 aromatic rings. The molecule has 4 heteroatoms. The molecule has 1 unspecified atom stereocenters. The van der Waals surface area contributed by atoms with Crippen LogP contribution >= 0.6 is 0 Å². The Morgan fingerprint density at radius 1 is 1.73 bits per heavy atom. The van der Waals surface area contributed by atoms with Gasteiger partial charge in [-0.2, -0.15) is 0 Å². The van der Waals surface area contributed by atoms with Gasteiger partial charge in [-0.15, -0.1) is 0 Å². The highest BCUT2D eigenvalue weighted by Gasteiger charge is 2.15. The monoisotopic (exact) mass is 161 g/mol. The first-order valence-electron chi connectivity index (χ1n) is 3.52. The van der Waals surface area contributed by atoms with E-state index in [1.807, 2.05) is 0 Å². The molecule has 0 rings (SSSR count). The van der Waals surface area contributed by atoms with Crippen LogP contribution in [0.2, 0.25) is 0 Å². The molecule has 1 atom stereocenters. The molecule has 1 amide bonds. The second-order valence-electron chi connectivity index (χ2n) is 2.36. The lowest BCUT2D eigenvalue weighted by Crippen LogP contribution is -2.37. The number of likely N-dealkylation sites (N-methyl/N-ethyl adjacent to an activating group) is 1. The highest BCUT2D eigenvalue weighted by Crippen LogP contribution is 1.94. The van der Waals surface area contributed by atoms with Crippen LogP contribution in [0.25, 0.3) is 0 Å². The van der Waals surface area contributed by atoms with Crippen LogP contribution in [0, 0.1) is 0 Å².